The molecule has 1 aliphatic carbocycles. The maximum Gasteiger partial charge on any atom is 0.280 e. The van der Waals surface area contributed by atoms with Gasteiger partial charge in [0.15, 0.2) is 26.8 Å². The number of fused-ring (bicyclic) bond motifs is 1. The smallest absolute Gasteiger partial charge is 0.280 e. The number of amides is 1. The van der Waals surface area contributed by atoms with Crippen molar-refractivity contribution in [2.45, 2.75) is 54.4 Å². The van der Waals surface area contributed by atoms with Gasteiger partial charge >= 0.3 is 0 Å². The Balaban J connectivity index is 1.19. The van der Waals surface area contributed by atoms with Gasteiger partial charge in [-0.05, 0) is 57.5 Å². The maximum absolute atomic E-state index is 13.4. The number of nitrogens with zero attached hydrogens (tertiary/aromatic N) is 4. The first-order valence-electron chi connectivity index (χ1n) is 13.4. The topological polar surface area (TPSA) is 132 Å². The van der Waals surface area contributed by atoms with E-state index in [0.717, 1.165) is 13.0 Å². The molecule has 2 aromatic heterocycles. The number of pyridine rings is 1. The summed E-state index contributed by atoms with van der Waals surface area (Å²) < 4.78 is 36.5. The molecule has 1 N–H and O–H groups in total. The molecule has 1 amide bonds. The number of hydrogen-bond acceptors (Lipinski definition) is 11. The van der Waals surface area contributed by atoms with E-state index in [9.17, 15) is 13.2 Å². The SMILES string of the molecule is CN1CCC[C@H]1COc1ccc2nc(NC(=O)C(=NO[C@@H]3CCOC3)c3ccc(S(=O)(=O)C4CC4)cc3)sc2n1. The molecule has 6 rings (SSSR count). The monoisotopic (exact) mass is 585 g/mol. The molecule has 0 bridgehead atoms. The zero-order valence-corrected chi connectivity index (χ0v) is 23.7. The van der Waals surface area contributed by atoms with Crippen molar-refractivity contribution in [3.05, 3.63) is 42.0 Å². The molecule has 0 unspecified atom stereocenters. The summed E-state index contributed by atoms with van der Waals surface area (Å²) in [6.07, 6.45) is 4.05. The summed E-state index contributed by atoms with van der Waals surface area (Å²) >= 11 is 1.23. The van der Waals surface area contributed by atoms with Gasteiger partial charge in [-0.25, -0.2) is 18.4 Å². The van der Waals surface area contributed by atoms with Gasteiger partial charge in [-0.1, -0.05) is 28.6 Å². The molecule has 1 aromatic carbocycles. The molecule has 0 radical (unpaired) electrons. The molecule has 13 heteroatoms. The van der Waals surface area contributed by atoms with Gasteiger partial charge in [-0.2, -0.15) is 0 Å². The number of anilines is 1. The second kappa shape index (κ2) is 11.4. The lowest BCUT2D eigenvalue weighted by atomic mass is 10.1. The highest BCUT2D eigenvalue weighted by atomic mass is 32.2. The molecule has 4 heterocycles. The number of benzene rings is 1. The summed E-state index contributed by atoms with van der Waals surface area (Å²) in [6, 6.07) is 10.2. The third-order valence-electron chi connectivity index (χ3n) is 7.36. The van der Waals surface area contributed by atoms with Gasteiger partial charge in [0.25, 0.3) is 5.91 Å². The minimum atomic E-state index is -3.35. The standard InChI is InChI=1S/C27H31N5O6S2/c1-32-13-2-3-18(32)15-37-23-11-10-22-26(29-23)39-27(28-22)30-25(33)24(31-38-19-12-14-36-16-19)17-4-6-20(7-5-17)40(34,35)21-8-9-21/h4-7,10-11,18-19,21H,2-3,8-9,12-16H2,1H3,(H,28,30,33)/t18-,19+/m0/s1. The molecule has 212 valence electrons. The molecular weight excluding hydrogens is 554 g/mol. The van der Waals surface area contributed by atoms with E-state index < -0.39 is 15.7 Å². The molecule has 2 aliphatic heterocycles. The fourth-order valence-electron chi connectivity index (χ4n) is 4.78. The average Bonchev–Trinajstić information content (AvgIpc) is 3.33. The van der Waals surface area contributed by atoms with E-state index in [4.69, 9.17) is 14.3 Å². The lowest BCUT2D eigenvalue weighted by Gasteiger charge is -2.19. The Morgan fingerprint density at radius 1 is 1.15 bits per heavy atom. The van der Waals surface area contributed by atoms with E-state index in [1.54, 1.807) is 18.2 Å². The summed E-state index contributed by atoms with van der Waals surface area (Å²) in [5.74, 6) is -0.0125. The van der Waals surface area contributed by atoms with E-state index >= 15 is 0 Å². The third kappa shape index (κ3) is 5.97. The molecule has 11 nitrogen and oxygen atoms in total. The lowest BCUT2D eigenvalue weighted by molar-refractivity contribution is -0.110. The summed E-state index contributed by atoms with van der Waals surface area (Å²) in [6.45, 7) is 2.61. The van der Waals surface area contributed by atoms with Gasteiger partial charge in [0.2, 0.25) is 5.88 Å². The van der Waals surface area contributed by atoms with Crippen LogP contribution < -0.4 is 10.1 Å². The zero-order valence-electron chi connectivity index (χ0n) is 22.1. The third-order valence-corrected chi connectivity index (χ3v) is 10.5. The number of carbonyl (C=O) groups is 1. The van der Waals surface area contributed by atoms with Crippen LogP contribution in [-0.4, -0.2) is 85.7 Å². The number of hydrogen-bond donors (Lipinski definition) is 1. The number of sulfone groups is 1. The van der Waals surface area contributed by atoms with Crippen LogP contribution in [0.5, 0.6) is 5.88 Å². The van der Waals surface area contributed by atoms with Crippen molar-refractivity contribution in [3.63, 3.8) is 0 Å². The van der Waals surface area contributed by atoms with Crippen LogP contribution in [0.25, 0.3) is 10.3 Å². The average molecular weight is 586 g/mol. The van der Waals surface area contributed by atoms with Crippen LogP contribution in [0.3, 0.4) is 0 Å². The Labute approximate surface area is 236 Å². The van der Waals surface area contributed by atoms with Gasteiger partial charge in [0.1, 0.15) is 17.0 Å². The maximum atomic E-state index is 13.4. The number of aromatic nitrogens is 2. The Kier molecular flexibility index (Phi) is 7.71. The van der Waals surface area contributed by atoms with Crippen molar-refractivity contribution in [2.24, 2.45) is 5.16 Å². The molecule has 2 atom stereocenters. The van der Waals surface area contributed by atoms with E-state index in [0.29, 0.717) is 72.0 Å². The number of nitrogens with one attached hydrogen (secondary N) is 1. The van der Waals surface area contributed by atoms with Crippen LogP contribution in [0.2, 0.25) is 0 Å². The molecule has 1 saturated carbocycles. The quantitative estimate of drug-likeness (QED) is 0.281. The molecule has 3 aliphatic rings. The van der Waals surface area contributed by atoms with Crippen molar-refractivity contribution < 1.29 is 27.5 Å². The predicted molar refractivity (Wildman–Crippen MR) is 151 cm³/mol. The Hall–Kier alpha value is -3.13. The lowest BCUT2D eigenvalue weighted by Crippen LogP contribution is -2.30. The van der Waals surface area contributed by atoms with Crippen molar-refractivity contribution in [3.8, 4) is 5.88 Å². The van der Waals surface area contributed by atoms with Crippen LogP contribution >= 0.6 is 11.3 Å². The summed E-state index contributed by atoms with van der Waals surface area (Å²) in [7, 11) is -1.25. The highest BCUT2D eigenvalue weighted by Crippen LogP contribution is 2.33. The molecule has 40 heavy (non-hydrogen) atoms. The second-order valence-electron chi connectivity index (χ2n) is 10.3. The number of oxime groups is 1. The number of likely N-dealkylation sites (N-methyl/N-ethyl adjacent to an activating group) is 1. The van der Waals surface area contributed by atoms with Gasteiger partial charge in [0.05, 0.1) is 23.4 Å². The summed E-state index contributed by atoms with van der Waals surface area (Å²) in [4.78, 5) is 31.2. The van der Waals surface area contributed by atoms with Crippen LogP contribution in [0.15, 0.2) is 46.4 Å². The van der Waals surface area contributed by atoms with E-state index in [-0.39, 0.29) is 22.0 Å². The van der Waals surface area contributed by atoms with E-state index in [1.165, 1.54) is 29.9 Å². The van der Waals surface area contributed by atoms with Crippen LogP contribution in [0, 0.1) is 0 Å². The fourth-order valence-corrected chi connectivity index (χ4v) is 7.27. The number of likely N-dealkylation sites (tertiary alicyclic amines) is 1. The van der Waals surface area contributed by atoms with Crippen LogP contribution in [0.4, 0.5) is 5.13 Å². The zero-order chi connectivity index (χ0) is 27.7. The second-order valence-corrected chi connectivity index (χ2v) is 13.5. The number of thiazole rings is 1. The molecule has 3 fully saturated rings. The van der Waals surface area contributed by atoms with Gasteiger partial charge in [-0.15, -0.1) is 0 Å². The number of ether oxygens (including phenoxy) is 2. The van der Waals surface area contributed by atoms with Gasteiger partial charge < -0.3 is 19.2 Å². The van der Waals surface area contributed by atoms with E-state index in [2.05, 4.69) is 32.4 Å². The highest BCUT2D eigenvalue weighted by Gasteiger charge is 2.37. The van der Waals surface area contributed by atoms with Gasteiger partial charge in [-0.3, -0.25) is 10.1 Å². The first kappa shape index (κ1) is 27.1. The van der Waals surface area contributed by atoms with Gasteiger partial charge in [0, 0.05) is 24.1 Å². The van der Waals surface area contributed by atoms with Crippen molar-refractivity contribution in [1.29, 1.82) is 0 Å². The Bertz CT molecular complexity index is 1510. The first-order valence-corrected chi connectivity index (χ1v) is 15.8. The largest absolute Gasteiger partial charge is 0.476 e. The molecule has 3 aromatic rings. The molecule has 2 saturated heterocycles. The van der Waals surface area contributed by atoms with Crippen molar-refractivity contribution in [1.82, 2.24) is 14.9 Å². The summed E-state index contributed by atoms with van der Waals surface area (Å²) in [5, 5.41) is 7.00. The molecule has 0 spiro atoms. The number of carbonyl (C=O) groups excluding carboxylic acids is 1. The van der Waals surface area contributed by atoms with E-state index in [1.807, 2.05) is 6.07 Å². The minimum Gasteiger partial charge on any atom is -0.476 e. The van der Waals surface area contributed by atoms with Crippen LogP contribution in [0.1, 0.15) is 37.7 Å². The highest BCUT2D eigenvalue weighted by molar-refractivity contribution is 7.92. The first-order chi connectivity index (χ1) is 19.4. The van der Waals surface area contributed by atoms with Crippen molar-refractivity contribution >= 4 is 48.3 Å². The van der Waals surface area contributed by atoms with Crippen LogP contribution in [-0.2, 0) is 24.2 Å². The fraction of sp³-hybridized carbons (Fsp3) is 0.481. The Morgan fingerprint density at radius 3 is 2.67 bits per heavy atom. The Morgan fingerprint density at radius 2 is 1.98 bits per heavy atom. The number of rotatable bonds is 10. The minimum absolute atomic E-state index is 0.0131. The normalized spacial score (nSPS) is 22.1. The van der Waals surface area contributed by atoms with Crippen molar-refractivity contribution in [2.75, 3.05) is 38.7 Å². The predicted octanol–water partition coefficient (Wildman–Crippen LogP) is 3.25. The molecular formula is C27H31N5O6S2. The summed E-state index contributed by atoms with van der Waals surface area (Å²) in [5.41, 5.74) is 1.08.